The smallest absolute Gasteiger partial charge is 0.283 e. The van der Waals surface area contributed by atoms with Gasteiger partial charge in [-0.25, -0.2) is 0 Å². The first-order valence-electron chi connectivity index (χ1n) is 10.2. The van der Waals surface area contributed by atoms with Gasteiger partial charge in [0.1, 0.15) is 11.5 Å². The number of fused-ring (bicyclic) bond motifs is 3. The molecular weight excluding hydrogens is 404 g/mol. The number of hydrogen-bond donors (Lipinski definition) is 0. The predicted molar refractivity (Wildman–Crippen MR) is 126 cm³/mol. The molecule has 0 saturated heterocycles. The van der Waals surface area contributed by atoms with Crippen LogP contribution in [0, 0.1) is 0 Å². The fraction of sp³-hybridized carbons (Fsp3) is 0.0769. The van der Waals surface area contributed by atoms with Crippen molar-refractivity contribution in [1.29, 1.82) is 0 Å². The molecule has 0 bridgehead atoms. The van der Waals surface area contributed by atoms with Crippen molar-refractivity contribution in [3.8, 4) is 11.5 Å². The van der Waals surface area contributed by atoms with Gasteiger partial charge in [-0.2, -0.15) is 4.99 Å². The standard InChI is InChI=1S/C26H20N2O2S/c1-2-28-22-17-16-18-10-6-7-13-20(18)24(22)31-26(28)27-25(29)21-14-8-9-15-23(21)30-19-11-4-3-5-12-19/h3-17H,2H2,1H3. The molecular formula is C26H20N2O2S. The summed E-state index contributed by atoms with van der Waals surface area (Å²) >= 11 is 1.55. The average Bonchev–Trinajstić information content (AvgIpc) is 3.17. The summed E-state index contributed by atoms with van der Waals surface area (Å²) in [5.74, 6) is 0.862. The molecule has 1 heterocycles. The van der Waals surface area contributed by atoms with E-state index < -0.39 is 0 Å². The van der Waals surface area contributed by atoms with Crippen molar-refractivity contribution >= 4 is 38.2 Å². The number of ether oxygens (including phenoxy) is 1. The fourth-order valence-corrected chi connectivity index (χ4v) is 4.91. The third-order valence-corrected chi connectivity index (χ3v) is 6.30. The van der Waals surface area contributed by atoms with Gasteiger partial charge in [0, 0.05) is 11.9 Å². The molecule has 0 unspecified atom stereocenters. The molecule has 4 aromatic carbocycles. The van der Waals surface area contributed by atoms with Crippen LogP contribution < -0.4 is 9.54 Å². The molecule has 0 spiro atoms. The number of rotatable bonds is 4. The number of para-hydroxylation sites is 2. The third-order valence-electron chi connectivity index (χ3n) is 5.18. The molecule has 0 atom stereocenters. The van der Waals surface area contributed by atoms with Crippen LogP contribution in [0.1, 0.15) is 17.3 Å². The van der Waals surface area contributed by atoms with Crippen LogP contribution in [0.5, 0.6) is 11.5 Å². The maximum atomic E-state index is 13.2. The first-order chi connectivity index (χ1) is 15.2. The highest BCUT2D eigenvalue weighted by Gasteiger charge is 2.14. The Morgan fingerprint density at radius 1 is 0.903 bits per heavy atom. The number of nitrogens with zero attached hydrogens (tertiary/aromatic N) is 2. The van der Waals surface area contributed by atoms with Crippen LogP contribution in [-0.4, -0.2) is 10.5 Å². The van der Waals surface area contributed by atoms with Crippen LogP contribution in [0.25, 0.3) is 21.0 Å². The third kappa shape index (κ3) is 3.64. The quantitative estimate of drug-likeness (QED) is 0.335. The first-order valence-corrected chi connectivity index (χ1v) is 11.0. The Balaban J connectivity index is 1.62. The lowest BCUT2D eigenvalue weighted by Crippen LogP contribution is -2.16. The zero-order chi connectivity index (χ0) is 21.2. The Morgan fingerprint density at radius 2 is 1.65 bits per heavy atom. The summed E-state index contributed by atoms with van der Waals surface area (Å²) in [6.07, 6.45) is 0. The molecule has 4 nitrogen and oxygen atoms in total. The van der Waals surface area contributed by atoms with E-state index in [0.717, 1.165) is 16.8 Å². The van der Waals surface area contributed by atoms with E-state index in [4.69, 9.17) is 4.74 Å². The number of benzene rings is 4. The summed E-state index contributed by atoms with van der Waals surface area (Å²) in [7, 11) is 0. The van der Waals surface area contributed by atoms with Gasteiger partial charge in [-0.15, -0.1) is 0 Å². The maximum Gasteiger partial charge on any atom is 0.283 e. The minimum atomic E-state index is -0.315. The van der Waals surface area contributed by atoms with Crippen molar-refractivity contribution in [3.63, 3.8) is 0 Å². The lowest BCUT2D eigenvalue weighted by atomic mass is 10.1. The molecule has 0 aliphatic carbocycles. The van der Waals surface area contributed by atoms with Crippen molar-refractivity contribution in [2.24, 2.45) is 4.99 Å². The van der Waals surface area contributed by atoms with E-state index in [1.54, 1.807) is 23.5 Å². The zero-order valence-electron chi connectivity index (χ0n) is 17.0. The van der Waals surface area contributed by atoms with Crippen LogP contribution >= 0.6 is 11.3 Å². The summed E-state index contributed by atoms with van der Waals surface area (Å²) in [4.78, 5) is 18.4. The van der Waals surface area contributed by atoms with Gasteiger partial charge in [0.15, 0.2) is 4.80 Å². The van der Waals surface area contributed by atoms with Crippen molar-refractivity contribution in [2.45, 2.75) is 13.5 Å². The molecule has 0 fully saturated rings. The van der Waals surface area contributed by atoms with E-state index in [1.807, 2.05) is 54.6 Å². The summed E-state index contributed by atoms with van der Waals surface area (Å²) in [6, 6.07) is 29.2. The molecule has 5 aromatic rings. The topological polar surface area (TPSA) is 43.6 Å². The van der Waals surface area contributed by atoms with Crippen molar-refractivity contribution < 1.29 is 9.53 Å². The number of aromatic nitrogens is 1. The summed E-state index contributed by atoms with van der Waals surface area (Å²) in [5.41, 5.74) is 1.53. The van der Waals surface area contributed by atoms with E-state index in [0.29, 0.717) is 21.9 Å². The van der Waals surface area contributed by atoms with Gasteiger partial charge in [0.2, 0.25) is 0 Å². The molecule has 152 valence electrons. The summed E-state index contributed by atoms with van der Waals surface area (Å²) in [5, 5.41) is 2.35. The molecule has 0 saturated carbocycles. The Morgan fingerprint density at radius 3 is 2.48 bits per heavy atom. The second-order valence-corrected chi connectivity index (χ2v) is 8.07. The van der Waals surface area contributed by atoms with Crippen LogP contribution in [0.4, 0.5) is 0 Å². The molecule has 31 heavy (non-hydrogen) atoms. The molecule has 0 N–H and O–H groups in total. The lowest BCUT2D eigenvalue weighted by molar-refractivity contribution is 0.0995. The van der Waals surface area contributed by atoms with Gasteiger partial charge in [-0.1, -0.05) is 72.0 Å². The largest absolute Gasteiger partial charge is 0.457 e. The lowest BCUT2D eigenvalue weighted by Gasteiger charge is -2.08. The summed E-state index contributed by atoms with van der Waals surface area (Å²) in [6.45, 7) is 2.80. The predicted octanol–water partition coefficient (Wildman–Crippen LogP) is 6.41. The first kappa shape index (κ1) is 19.3. The number of carbonyl (C=O) groups excluding carboxylic acids is 1. The maximum absolute atomic E-state index is 13.2. The van der Waals surface area contributed by atoms with Gasteiger partial charge in [0.25, 0.3) is 5.91 Å². The van der Waals surface area contributed by atoms with Crippen LogP contribution in [0.2, 0.25) is 0 Å². The molecule has 0 aliphatic rings. The Kier molecular flexibility index (Phi) is 5.10. The number of aryl methyl sites for hydroxylation is 1. The average molecular weight is 425 g/mol. The van der Waals surface area contributed by atoms with Gasteiger partial charge in [0.05, 0.1) is 15.8 Å². The minimum Gasteiger partial charge on any atom is -0.457 e. The second-order valence-electron chi connectivity index (χ2n) is 7.09. The van der Waals surface area contributed by atoms with Crippen molar-refractivity contribution in [2.75, 3.05) is 0 Å². The molecule has 0 aliphatic heterocycles. The SMILES string of the molecule is CCn1c(=NC(=O)c2ccccc2Oc2ccccc2)sc2c3ccccc3ccc21. The van der Waals surface area contributed by atoms with E-state index >= 15 is 0 Å². The van der Waals surface area contributed by atoms with E-state index in [9.17, 15) is 4.79 Å². The monoisotopic (exact) mass is 424 g/mol. The van der Waals surface area contributed by atoms with E-state index in [-0.39, 0.29) is 5.91 Å². The molecule has 0 radical (unpaired) electrons. The fourth-order valence-electron chi connectivity index (χ4n) is 3.68. The van der Waals surface area contributed by atoms with Gasteiger partial charge in [-0.3, -0.25) is 4.79 Å². The summed E-state index contributed by atoms with van der Waals surface area (Å²) < 4.78 is 9.18. The second kappa shape index (κ2) is 8.20. The van der Waals surface area contributed by atoms with Gasteiger partial charge < -0.3 is 9.30 Å². The Hall–Kier alpha value is -3.70. The molecule has 1 amide bonds. The Bertz CT molecular complexity index is 1470. The van der Waals surface area contributed by atoms with Crippen LogP contribution in [0.15, 0.2) is 96.0 Å². The molecule has 5 heteroatoms. The highest BCUT2D eigenvalue weighted by Crippen LogP contribution is 2.28. The van der Waals surface area contributed by atoms with E-state index in [2.05, 4.69) is 40.7 Å². The zero-order valence-corrected chi connectivity index (χ0v) is 17.8. The number of thiazole rings is 1. The van der Waals surface area contributed by atoms with Gasteiger partial charge in [-0.05, 0) is 42.6 Å². The van der Waals surface area contributed by atoms with E-state index in [1.165, 1.54) is 10.8 Å². The highest BCUT2D eigenvalue weighted by molar-refractivity contribution is 7.17. The molecule has 1 aromatic heterocycles. The van der Waals surface area contributed by atoms with Crippen LogP contribution in [-0.2, 0) is 6.54 Å². The van der Waals surface area contributed by atoms with Crippen molar-refractivity contribution in [1.82, 2.24) is 4.57 Å². The number of carbonyl (C=O) groups is 1. The van der Waals surface area contributed by atoms with Crippen molar-refractivity contribution in [3.05, 3.63) is 101 Å². The molecule has 5 rings (SSSR count). The number of hydrogen-bond acceptors (Lipinski definition) is 3. The van der Waals surface area contributed by atoms with Crippen LogP contribution in [0.3, 0.4) is 0 Å². The van der Waals surface area contributed by atoms with Gasteiger partial charge >= 0.3 is 0 Å². The Labute approximate surface area is 183 Å². The minimum absolute atomic E-state index is 0.315. The highest BCUT2D eigenvalue weighted by atomic mass is 32.1. The normalized spacial score (nSPS) is 11.8. The number of amides is 1.